The fourth-order valence-corrected chi connectivity index (χ4v) is 1.56. The van der Waals surface area contributed by atoms with E-state index in [1.807, 2.05) is 0 Å². The number of benzene rings is 1. The minimum Gasteiger partial charge on any atom is -0.508 e. The Hall–Kier alpha value is -2.27. The average molecular weight is 264 g/mol. The first kappa shape index (κ1) is 12.2. The molecule has 2 aromatic rings. The van der Waals surface area contributed by atoms with Gasteiger partial charge in [-0.1, -0.05) is 11.6 Å². The SMILES string of the molecule is Nc1ccc(O)cc1C(=O)Nc1ncccc1Cl. The van der Waals surface area contributed by atoms with Crippen LogP contribution in [0.5, 0.6) is 5.75 Å². The Labute approximate surface area is 108 Å². The van der Waals surface area contributed by atoms with Gasteiger partial charge in [0.15, 0.2) is 5.82 Å². The molecule has 0 saturated carbocycles. The van der Waals surface area contributed by atoms with E-state index in [4.69, 9.17) is 17.3 Å². The third-order valence-corrected chi connectivity index (χ3v) is 2.58. The number of anilines is 2. The zero-order valence-corrected chi connectivity index (χ0v) is 9.98. The summed E-state index contributed by atoms with van der Waals surface area (Å²) in [5, 5.41) is 12.2. The number of pyridine rings is 1. The Bertz CT molecular complexity index is 602. The van der Waals surface area contributed by atoms with E-state index < -0.39 is 5.91 Å². The van der Waals surface area contributed by atoms with Gasteiger partial charge >= 0.3 is 0 Å². The molecule has 18 heavy (non-hydrogen) atoms. The molecular formula is C12H10ClN3O2. The molecule has 5 nitrogen and oxygen atoms in total. The highest BCUT2D eigenvalue weighted by atomic mass is 35.5. The normalized spacial score (nSPS) is 10.1. The van der Waals surface area contributed by atoms with Crippen molar-refractivity contribution in [2.75, 3.05) is 11.1 Å². The molecule has 1 aromatic heterocycles. The second kappa shape index (κ2) is 4.93. The molecule has 0 aliphatic heterocycles. The number of carbonyl (C=O) groups excluding carboxylic acids is 1. The van der Waals surface area contributed by atoms with Gasteiger partial charge in [0, 0.05) is 11.9 Å². The molecule has 1 heterocycles. The number of rotatable bonds is 2. The minimum atomic E-state index is -0.482. The number of nitrogens with one attached hydrogen (secondary N) is 1. The summed E-state index contributed by atoms with van der Waals surface area (Å²) >= 11 is 5.87. The summed E-state index contributed by atoms with van der Waals surface area (Å²) in [5.74, 6) is -0.280. The minimum absolute atomic E-state index is 0.0403. The van der Waals surface area contributed by atoms with E-state index in [1.54, 1.807) is 12.1 Å². The number of phenolic OH excluding ortho intramolecular Hbond substituents is 1. The maximum Gasteiger partial charge on any atom is 0.259 e. The molecule has 4 N–H and O–H groups in total. The van der Waals surface area contributed by atoms with Gasteiger partial charge < -0.3 is 16.2 Å². The highest BCUT2D eigenvalue weighted by molar-refractivity contribution is 6.33. The Kier molecular flexibility index (Phi) is 3.34. The highest BCUT2D eigenvalue weighted by Crippen LogP contribution is 2.22. The largest absolute Gasteiger partial charge is 0.508 e. The van der Waals surface area contributed by atoms with Crippen LogP contribution < -0.4 is 11.1 Å². The summed E-state index contributed by atoms with van der Waals surface area (Å²) in [6, 6.07) is 7.39. The van der Waals surface area contributed by atoms with E-state index in [1.165, 1.54) is 24.4 Å². The van der Waals surface area contributed by atoms with Crippen LogP contribution in [0.3, 0.4) is 0 Å². The predicted octanol–water partition coefficient (Wildman–Crippen LogP) is 2.28. The lowest BCUT2D eigenvalue weighted by Gasteiger charge is -2.08. The van der Waals surface area contributed by atoms with Gasteiger partial charge in [0.05, 0.1) is 10.6 Å². The van der Waals surface area contributed by atoms with Crippen LogP contribution in [0.15, 0.2) is 36.5 Å². The van der Waals surface area contributed by atoms with Crippen molar-refractivity contribution in [2.24, 2.45) is 0 Å². The third-order valence-electron chi connectivity index (χ3n) is 2.27. The molecule has 0 aliphatic carbocycles. The van der Waals surface area contributed by atoms with Gasteiger partial charge in [0.25, 0.3) is 5.91 Å². The second-order valence-corrected chi connectivity index (χ2v) is 3.97. The van der Waals surface area contributed by atoms with Crippen LogP contribution in [-0.4, -0.2) is 16.0 Å². The van der Waals surface area contributed by atoms with E-state index in [0.717, 1.165) is 0 Å². The third kappa shape index (κ3) is 2.52. The van der Waals surface area contributed by atoms with Crippen LogP contribution in [-0.2, 0) is 0 Å². The zero-order chi connectivity index (χ0) is 13.1. The van der Waals surface area contributed by atoms with Gasteiger partial charge in [0.1, 0.15) is 5.75 Å². The Morgan fingerprint density at radius 2 is 2.17 bits per heavy atom. The van der Waals surface area contributed by atoms with Gasteiger partial charge in [-0.25, -0.2) is 4.98 Å². The van der Waals surface area contributed by atoms with Gasteiger partial charge in [-0.15, -0.1) is 0 Å². The first-order chi connectivity index (χ1) is 8.58. The standard InChI is InChI=1S/C12H10ClN3O2/c13-9-2-1-5-15-11(9)16-12(18)8-6-7(17)3-4-10(8)14/h1-6,17H,14H2,(H,15,16,18). The van der Waals surface area contributed by atoms with Crippen LogP contribution >= 0.6 is 11.6 Å². The summed E-state index contributed by atoms with van der Waals surface area (Å²) in [6.45, 7) is 0. The number of hydrogen-bond acceptors (Lipinski definition) is 4. The fraction of sp³-hybridized carbons (Fsp3) is 0. The van der Waals surface area contributed by atoms with Crippen molar-refractivity contribution in [3.8, 4) is 5.75 Å². The van der Waals surface area contributed by atoms with Crippen LogP contribution in [0.1, 0.15) is 10.4 Å². The van der Waals surface area contributed by atoms with E-state index >= 15 is 0 Å². The average Bonchev–Trinajstić information content (AvgIpc) is 2.35. The van der Waals surface area contributed by atoms with Crippen molar-refractivity contribution in [1.82, 2.24) is 4.98 Å². The number of hydrogen-bond donors (Lipinski definition) is 3. The lowest BCUT2D eigenvalue weighted by atomic mass is 10.1. The summed E-state index contributed by atoms with van der Waals surface area (Å²) in [7, 11) is 0. The van der Waals surface area contributed by atoms with Crippen LogP contribution in [0, 0.1) is 0 Å². The van der Waals surface area contributed by atoms with Crippen molar-refractivity contribution in [3.63, 3.8) is 0 Å². The number of nitrogens with zero attached hydrogens (tertiary/aromatic N) is 1. The van der Waals surface area contributed by atoms with Crippen molar-refractivity contribution >= 4 is 29.0 Å². The predicted molar refractivity (Wildman–Crippen MR) is 69.7 cm³/mol. The zero-order valence-electron chi connectivity index (χ0n) is 9.22. The maximum absolute atomic E-state index is 11.9. The molecule has 0 aliphatic rings. The van der Waals surface area contributed by atoms with Crippen LogP contribution in [0.2, 0.25) is 5.02 Å². The number of aromatic hydroxyl groups is 1. The molecule has 2 rings (SSSR count). The number of phenols is 1. The summed E-state index contributed by atoms with van der Waals surface area (Å²) in [5.41, 5.74) is 6.08. The topological polar surface area (TPSA) is 88.2 Å². The first-order valence-corrected chi connectivity index (χ1v) is 5.46. The molecule has 92 valence electrons. The highest BCUT2D eigenvalue weighted by Gasteiger charge is 2.12. The monoisotopic (exact) mass is 263 g/mol. The lowest BCUT2D eigenvalue weighted by Crippen LogP contribution is -2.15. The smallest absolute Gasteiger partial charge is 0.259 e. The molecular weight excluding hydrogens is 254 g/mol. The van der Waals surface area contributed by atoms with Gasteiger partial charge in [-0.2, -0.15) is 0 Å². The van der Waals surface area contributed by atoms with Crippen molar-refractivity contribution < 1.29 is 9.90 Å². The van der Waals surface area contributed by atoms with Crippen LogP contribution in [0.4, 0.5) is 11.5 Å². The number of amides is 1. The number of carbonyl (C=O) groups is 1. The summed E-state index contributed by atoms with van der Waals surface area (Å²) in [4.78, 5) is 15.9. The molecule has 0 radical (unpaired) electrons. The van der Waals surface area contributed by atoms with Gasteiger partial charge in [0.2, 0.25) is 0 Å². The first-order valence-electron chi connectivity index (χ1n) is 5.08. The van der Waals surface area contributed by atoms with Gasteiger partial charge in [-0.3, -0.25) is 4.79 Å². The van der Waals surface area contributed by atoms with E-state index in [0.29, 0.717) is 5.02 Å². The molecule has 0 atom stereocenters. The summed E-state index contributed by atoms with van der Waals surface area (Å²) < 4.78 is 0. The number of halogens is 1. The molecule has 0 saturated heterocycles. The molecule has 0 bridgehead atoms. The maximum atomic E-state index is 11.9. The molecule has 0 spiro atoms. The Morgan fingerprint density at radius 1 is 1.39 bits per heavy atom. The molecule has 1 amide bonds. The Morgan fingerprint density at radius 3 is 2.89 bits per heavy atom. The number of aromatic nitrogens is 1. The number of nitrogens with two attached hydrogens (primary N) is 1. The molecule has 0 unspecified atom stereocenters. The lowest BCUT2D eigenvalue weighted by molar-refractivity contribution is 0.102. The Balaban J connectivity index is 2.28. The van der Waals surface area contributed by atoms with Gasteiger partial charge in [-0.05, 0) is 30.3 Å². The number of nitrogen functional groups attached to an aromatic ring is 1. The molecule has 0 fully saturated rings. The summed E-state index contributed by atoms with van der Waals surface area (Å²) in [6.07, 6.45) is 1.51. The fourth-order valence-electron chi connectivity index (χ4n) is 1.39. The quantitative estimate of drug-likeness (QED) is 0.573. The van der Waals surface area contributed by atoms with Crippen LogP contribution in [0.25, 0.3) is 0 Å². The van der Waals surface area contributed by atoms with Crippen molar-refractivity contribution in [2.45, 2.75) is 0 Å². The van der Waals surface area contributed by atoms with Crippen molar-refractivity contribution in [3.05, 3.63) is 47.1 Å². The van der Waals surface area contributed by atoms with E-state index in [-0.39, 0.29) is 22.8 Å². The van der Waals surface area contributed by atoms with E-state index in [9.17, 15) is 9.90 Å². The van der Waals surface area contributed by atoms with Crippen molar-refractivity contribution in [1.29, 1.82) is 0 Å². The molecule has 1 aromatic carbocycles. The molecule has 6 heteroatoms. The second-order valence-electron chi connectivity index (χ2n) is 3.56. The van der Waals surface area contributed by atoms with E-state index in [2.05, 4.69) is 10.3 Å².